The van der Waals surface area contributed by atoms with Crippen molar-refractivity contribution in [2.45, 2.75) is 13.0 Å². The minimum atomic E-state index is -0.892. The summed E-state index contributed by atoms with van der Waals surface area (Å²) in [4.78, 5) is 13.5. The molecule has 1 N–H and O–H groups in total. The lowest BCUT2D eigenvalue weighted by molar-refractivity contribution is 0.133. The molecule has 34 heavy (non-hydrogen) atoms. The molecule has 0 saturated carbocycles. The van der Waals surface area contributed by atoms with Gasteiger partial charge in [-0.2, -0.15) is 0 Å². The van der Waals surface area contributed by atoms with Crippen LogP contribution in [0, 0.1) is 0 Å². The molecule has 3 rings (SSSR count). The highest BCUT2D eigenvalue weighted by Crippen LogP contribution is 2.44. The van der Waals surface area contributed by atoms with Crippen molar-refractivity contribution in [1.82, 2.24) is 0 Å². The fraction of sp³-hybridized carbons (Fsp3) is 0.320. The molecule has 0 bridgehead atoms. The van der Waals surface area contributed by atoms with Crippen LogP contribution in [0.25, 0.3) is 22.3 Å². The molecule has 0 spiro atoms. The van der Waals surface area contributed by atoms with E-state index in [4.69, 9.17) is 32.8 Å². The molecule has 1 heterocycles. The normalized spacial score (nSPS) is 11.6. The van der Waals surface area contributed by atoms with Gasteiger partial charge in [-0.25, -0.2) is 0 Å². The lowest BCUT2D eigenvalue weighted by Gasteiger charge is -2.18. The summed E-state index contributed by atoms with van der Waals surface area (Å²) < 4.78 is 39.1. The van der Waals surface area contributed by atoms with Crippen LogP contribution in [0.4, 0.5) is 0 Å². The molecule has 0 aliphatic heterocycles. The molecular formula is C25H28O9. The topological polar surface area (TPSA) is 106 Å². The number of aliphatic hydroxyl groups is 1. The smallest absolute Gasteiger partial charge is 0.239 e. The van der Waals surface area contributed by atoms with Gasteiger partial charge in [-0.1, -0.05) is 6.58 Å². The summed E-state index contributed by atoms with van der Waals surface area (Å²) in [5.41, 5.74) is 0.687. The van der Waals surface area contributed by atoms with Crippen molar-refractivity contribution in [3.8, 4) is 45.8 Å². The molecule has 1 atom stereocenters. The van der Waals surface area contributed by atoms with Gasteiger partial charge in [0.2, 0.25) is 16.9 Å². The van der Waals surface area contributed by atoms with Gasteiger partial charge in [0.1, 0.15) is 23.8 Å². The van der Waals surface area contributed by atoms with Gasteiger partial charge in [0.25, 0.3) is 0 Å². The number of methoxy groups -OCH3 is 5. The van der Waals surface area contributed by atoms with Crippen molar-refractivity contribution >= 4 is 11.0 Å². The van der Waals surface area contributed by atoms with Crippen LogP contribution >= 0.6 is 0 Å². The summed E-state index contributed by atoms with van der Waals surface area (Å²) in [6.45, 7) is 5.32. The molecule has 1 aromatic heterocycles. The van der Waals surface area contributed by atoms with Crippen LogP contribution in [0.5, 0.6) is 34.5 Å². The standard InChI is InChI=1S/C25H28O9/c1-13(2)15(26)12-33-19-11-18(30-5)20-21(27)25(32-7)22(34-24(20)23(19)31-6)14-8-9-16(28-3)17(10-14)29-4/h8-11,15,26H,1,12H2,2-7H3. The Morgan fingerprint density at radius 3 is 2.12 bits per heavy atom. The molecule has 0 fully saturated rings. The second-order valence-electron chi connectivity index (χ2n) is 7.35. The minimum absolute atomic E-state index is 0.0218. The van der Waals surface area contributed by atoms with Gasteiger partial charge in [0, 0.05) is 11.6 Å². The summed E-state index contributed by atoms with van der Waals surface area (Å²) in [6, 6.07) is 6.56. The molecule has 0 aliphatic rings. The van der Waals surface area contributed by atoms with Crippen molar-refractivity contribution in [2.24, 2.45) is 0 Å². The predicted molar refractivity (Wildman–Crippen MR) is 127 cm³/mol. The number of rotatable bonds is 10. The third kappa shape index (κ3) is 4.47. The van der Waals surface area contributed by atoms with Gasteiger partial charge in [0.05, 0.1) is 35.5 Å². The molecule has 2 aromatic carbocycles. The first-order chi connectivity index (χ1) is 16.3. The highest BCUT2D eigenvalue weighted by Gasteiger charge is 2.26. The minimum Gasteiger partial charge on any atom is -0.496 e. The monoisotopic (exact) mass is 472 g/mol. The molecule has 0 aliphatic carbocycles. The number of hydrogen-bond acceptors (Lipinski definition) is 9. The second-order valence-corrected chi connectivity index (χ2v) is 7.35. The number of aliphatic hydroxyl groups excluding tert-OH is 1. The van der Waals surface area contributed by atoms with Gasteiger partial charge >= 0.3 is 0 Å². The number of ether oxygens (including phenoxy) is 6. The lowest BCUT2D eigenvalue weighted by atomic mass is 10.1. The van der Waals surface area contributed by atoms with Crippen molar-refractivity contribution in [3.63, 3.8) is 0 Å². The lowest BCUT2D eigenvalue weighted by Crippen LogP contribution is -2.18. The van der Waals surface area contributed by atoms with Crippen LogP contribution in [0.1, 0.15) is 6.92 Å². The summed E-state index contributed by atoms with van der Waals surface area (Å²) >= 11 is 0. The Balaban J connectivity index is 2.32. The van der Waals surface area contributed by atoms with Crippen molar-refractivity contribution in [2.75, 3.05) is 42.2 Å². The zero-order chi connectivity index (χ0) is 25.0. The Morgan fingerprint density at radius 1 is 0.912 bits per heavy atom. The number of benzene rings is 2. The largest absolute Gasteiger partial charge is 0.496 e. The van der Waals surface area contributed by atoms with Crippen molar-refractivity contribution < 1.29 is 37.9 Å². The number of fused-ring (bicyclic) bond motifs is 1. The summed E-state index contributed by atoms with van der Waals surface area (Å²) in [5, 5.41) is 10.2. The molecular weight excluding hydrogens is 444 g/mol. The average Bonchev–Trinajstić information content (AvgIpc) is 2.85. The van der Waals surface area contributed by atoms with Crippen molar-refractivity contribution in [3.05, 3.63) is 46.6 Å². The van der Waals surface area contributed by atoms with E-state index in [-0.39, 0.29) is 46.3 Å². The Bertz CT molecular complexity index is 1260. The van der Waals surface area contributed by atoms with Gasteiger partial charge in [-0.05, 0) is 30.7 Å². The Kier molecular flexibility index (Phi) is 7.57. The van der Waals surface area contributed by atoms with Crippen LogP contribution in [0.15, 0.2) is 45.6 Å². The van der Waals surface area contributed by atoms with E-state index in [2.05, 4.69) is 6.58 Å². The maximum Gasteiger partial charge on any atom is 0.239 e. The van der Waals surface area contributed by atoms with Crippen LogP contribution in [-0.2, 0) is 0 Å². The number of hydrogen-bond donors (Lipinski definition) is 1. The van der Waals surface area contributed by atoms with E-state index < -0.39 is 11.5 Å². The SMILES string of the molecule is C=C(C)C(O)COc1cc(OC)c2c(=O)c(OC)c(-c3ccc(OC)c(OC)c3)oc2c1OC. The van der Waals surface area contributed by atoms with E-state index in [1.807, 2.05) is 0 Å². The third-order valence-corrected chi connectivity index (χ3v) is 5.25. The first kappa shape index (κ1) is 24.8. The van der Waals surface area contributed by atoms with Crippen LogP contribution in [-0.4, -0.2) is 53.4 Å². The van der Waals surface area contributed by atoms with Crippen LogP contribution in [0.2, 0.25) is 0 Å². The van der Waals surface area contributed by atoms with Gasteiger partial charge in [-0.15, -0.1) is 0 Å². The fourth-order valence-corrected chi connectivity index (χ4v) is 3.40. The molecule has 0 saturated heterocycles. The predicted octanol–water partition coefficient (Wildman–Crippen LogP) is 3.82. The molecule has 3 aromatic rings. The van der Waals surface area contributed by atoms with E-state index in [1.54, 1.807) is 25.1 Å². The van der Waals surface area contributed by atoms with Gasteiger partial charge in [-0.3, -0.25) is 4.79 Å². The van der Waals surface area contributed by atoms with Crippen molar-refractivity contribution in [1.29, 1.82) is 0 Å². The van der Waals surface area contributed by atoms with E-state index >= 15 is 0 Å². The Morgan fingerprint density at radius 2 is 1.56 bits per heavy atom. The zero-order valence-corrected chi connectivity index (χ0v) is 20.0. The molecule has 0 radical (unpaired) electrons. The average molecular weight is 472 g/mol. The van der Waals surface area contributed by atoms with E-state index in [0.29, 0.717) is 22.6 Å². The maximum absolute atomic E-state index is 13.5. The van der Waals surface area contributed by atoms with Gasteiger partial charge < -0.3 is 37.9 Å². The Hall–Kier alpha value is -3.85. The molecule has 0 amide bonds. The maximum atomic E-state index is 13.5. The summed E-state index contributed by atoms with van der Waals surface area (Å²) in [6.07, 6.45) is -0.892. The van der Waals surface area contributed by atoms with E-state index in [1.165, 1.54) is 41.6 Å². The highest BCUT2D eigenvalue weighted by molar-refractivity contribution is 5.93. The van der Waals surface area contributed by atoms with E-state index in [0.717, 1.165) is 0 Å². The Labute approximate surface area is 197 Å². The van der Waals surface area contributed by atoms with Gasteiger partial charge in [0.15, 0.2) is 28.6 Å². The van der Waals surface area contributed by atoms with E-state index in [9.17, 15) is 9.90 Å². The molecule has 1 unspecified atom stereocenters. The zero-order valence-electron chi connectivity index (χ0n) is 20.0. The first-order valence-corrected chi connectivity index (χ1v) is 10.3. The summed E-state index contributed by atoms with van der Waals surface area (Å²) in [7, 11) is 7.25. The van der Waals surface area contributed by atoms with Crippen LogP contribution in [0.3, 0.4) is 0 Å². The highest BCUT2D eigenvalue weighted by atomic mass is 16.5. The third-order valence-electron chi connectivity index (χ3n) is 5.25. The molecule has 182 valence electrons. The quantitative estimate of drug-likeness (QED) is 0.441. The molecule has 9 heteroatoms. The molecule has 9 nitrogen and oxygen atoms in total. The first-order valence-electron chi connectivity index (χ1n) is 10.3. The fourth-order valence-electron chi connectivity index (χ4n) is 3.40. The van der Waals surface area contributed by atoms with Crippen LogP contribution < -0.4 is 33.8 Å². The summed E-state index contributed by atoms with van der Waals surface area (Å²) in [5.74, 6) is 1.66. The second kappa shape index (κ2) is 10.4.